The minimum atomic E-state index is -2.67. The van der Waals surface area contributed by atoms with Crippen molar-refractivity contribution in [2.45, 2.75) is 4.90 Å². The van der Waals surface area contributed by atoms with Crippen molar-refractivity contribution in [3.8, 4) is 5.75 Å². The van der Waals surface area contributed by atoms with Crippen LogP contribution in [-0.2, 0) is 10.7 Å². The molecule has 0 radical (unpaired) electrons. The van der Waals surface area contributed by atoms with Crippen molar-refractivity contribution in [2.75, 3.05) is 16.0 Å². The first-order valence-corrected chi connectivity index (χ1v) is 9.64. The van der Waals surface area contributed by atoms with Crippen molar-refractivity contribution >= 4 is 39.9 Å². The Kier molecular flexibility index (Phi) is 6.43. The van der Waals surface area contributed by atoms with Crippen molar-refractivity contribution < 1.29 is 22.7 Å². The summed E-state index contributed by atoms with van der Waals surface area (Å²) in [5, 5.41) is 7.80. The summed E-state index contributed by atoms with van der Waals surface area (Å²) >= 11 is 0. The number of urea groups is 1. The van der Waals surface area contributed by atoms with Crippen LogP contribution in [0.2, 0.25) is 0 Å². The van der Waals surface area contributed by atoms with Crippen LogP contribution in [0, 0.1) is 0 Å². The van der Waals surface area contributed by atoms with E-state index in [1.807, 2.05) is 6.07 Å². The van der Waals surface area contributed by atoms with Gasteiger partial charge in [0, 0.05) is 17.1 Å². The van der Waals surface area contributed by atoms with E-state index in [0.29, 0.717) is 22.8 Å². The molecule has 3 aromatic rings. The average Bonchev–Trinajstić information content (AvgIpc) is 2.69. The van der Waals surface area contributed by atoms with Gasteiger partial charge in [-0.2, -0.15) is 0 Å². The Morgan fingerprint density at radius 1 is 0.690 bits per heavy atom. The van der Waals surface area contributed by atoms with E-state index in [4.69, 9.17) is 4.74 Å². The summed E-state index contributed by atoms with van der Waals surface area (Å²) < 4.78 is 26.9. The number of amides is 3. The van der Waals surface area contributed by atoms with Gasteiger partial charge in [0.1, 0.15) is 5.75 Å². The van der Waals surface area contributed by atoms with Gasteiger partial charge in [0.05, 0.1) is 4.90 Å². The molecule has 29 heavy (non-hydrogen) atoms. The SMILES string of the molecule is O=C(Nc1ccc([SH](=O)=O)cc1)Nc1cccc(NC(=O)Oc2ccccc2)c1. The van der Waals surface area contributed by atoms with Gasteiger partial charge in [-0.3, -0.25) is 5.32 Å². The number of thiol groups is 1. The number of ether oxygens (including phenoxy) is 1. The molecule has 3 aromatic carbocycles. The van der Waals surface area contributed by atoms with Gasteiger partial charge >= 0.3 is 12.1 Å². The average molecular weight is 411 g/mol. The van der Waals surface area contributed by atoms with E-state index in [-0.39, 0.29) is 4.90 Å². The third-order valence-corrected chi connectivity index (χ3v) is 4.38. The minimum Gasteiger partial charge on any atom is -0.410 e. The fourth-order valence-corrected chi connectivity index (χ4v) is 2.77. The second-order valence-electron chi connectivity index (χ2n) is 5.79. The van der Waals surface area contributed by atoms with E-state index in [1.165, 1.54) is 24.3 Å². The van der Waals surface area contributed by atoms with Gasteiger partial charge in [0.2, 0.25) is 0 Å². The summed E-state index contributed by atoms with van der Waals surface area (Å²) in [6.07, 6.45) is -0.658. The van der Waals surface area contributed by atoms with Crippen LogP contribution in [0.5, 0.6) is 5.75 Å². The molecule has 0 fully saturated rings. The highest BCUT2D eigenvalue weighted by Crippen LogP contribution is 2.17. The van der Waals surface area contributed by atoms with Crippen LogP contribution < -0.4 is 20.7 Å². The van der Waals surface area contributed by atoms with Gasteiger partial charge < -0.3 is 15.4 Å². The van der Waals surface area contributed by atoms with Gasteiger partial charge in [0.15, 0.2) is 10.7 Å². The Labute approximate surface area is 168 Å². The monoisotopic (exact) mass is 411 g/mol. The number of carbonyl (C=O) groups excluding carboxylic acids is 2. The Hall–Kier alpha value is -3.85. The smallest absolute Gasteiger partial charge is 0.410 e. The molecule has 0 unspecified atom stereocenters. The molecule has 3 rings (SSSR count). The number of hydrogen-bond donors (Lipinski definition) is 4. The van der Waals surface area contributed by atoms with E-state index in [1.54, 1.807) is 48.5 Å². The Morgan fingerprint density at radius 3 is 1.97 bits per heavy atom. The molecule has 0 aliphatic rings. The highest BCUT2D eigenvalue weighted by Gasteiger charge is 2.07. The molecule has 0 aliphatic carbocycles. The molecular weight excluding hydrogens is 394 g/mol. The first kappa shape index (κ1) is 19.9. The number of para-hydroxylation sites is 1. The lowest BCUT2D eigenvalue weighted by Gasteiger charge is -2.10. The van der Waals surface area contributed by atoms with Gasteiger partial charge in [-0.15, -0.1) is 0 Å². The molecule has 0 saturated carbocycles. The van der Waals surface area contributed by atoms with E-state index in [0.717, 1.165) is 0 Å². The maximum absolute atomic E-state index is 12.1. The summed E-state index contributed by atoms with van der Waals surface area (Å²) in [5.41, 5.74) is 1.32. The Morgan fingerprint density at radius 2 is 1.31 bits per heavy atom. The molecule has 0 saturated heterocycles. The zero-order valence-corrected chi connectivity index (χ0v) is 15.9. The summed E-state index contributed by atoms with van der Waals surface area (Å²) in [6.45, 7) is 0. The molecule has 9 heteroatoms. The molecule has 0 aliphatic heterocycles. The van der Waals surface area contributed by atoms with E-state index in [2.05, 4.69) is 16.0 Å². The number of carbonyl (C=O) groups is 2. The second-order valence-corrected chi connectivity index (χ2v) is 6.82. The zero-order chi connectivity index (χ0) is 20.6. The van der Waals surface area contributed by atoms with E-state index >= 15 is 0 Å². The minimum absolute atomic E-state index is 0.159. The van der Waals surface area contributed by atoms with Crippen LogP contribution in [0.3, 0.4) is 0 Å². The maximum Gasteiger partial charge on any atom is 0.417 e. The molecule has 3 N–H and O–H groups in total. The first-order chi connectivity index (χ1) is 14.0. The Balaban J connectivity index is 1.57. The predicted octanol–water partition coefficient (Wildman–Crippen LogP) is 3.91. The standard InChI is InChI=1S/C20H17N3O5S/c24-19(21-14-9-11-18(12-10-14)29(26)27)22-15-5-4-6-16(13-15)23-20(25)28-17-7-2-1-3-8-17/h1-13,29H,(H,23,25)(H2,21,22,24). The number of benzene rings is 3. The van der Waals surface area contributed by atoms with Crippen molar-refractivity contribution in [3.63, 3.8) is 0 Å². The third-order valence-electron chi connectivity index (χ3n) is 3.66. The molecule has 0 bridgehead atoms. The lowest BCUT2D eigenvalue weighted by molar-refractivity contribution is 0.215. The van der Waals surface area contributed by atoms with Crippen LogP contribution in [-0.4, -0.2) is 20.5 Å². The second kappa shape index (κ2) is 9.38. The molecule has 8 nitrogen and oxygen atoms in total. The Bertz CT molecular complexity index is 1070. The van der Waals surface area contributed by atoms with Gasteiger partial charge in [-0.1, -0.05) is 24.3 Å². The van der Waals surface area contributed by atoms with Crippen LogP contribution in [0.4, 0.5) is 26.7 Å². The quantitative estimate of drug-likeness (QED) is 0.476. The van der Waals surface area contributed by atoms with Crippen molar-refractivity contribution in [1.82, 2.24) is 0 Å². The summed E-state index contributed by atoms with van der Waals surface area (Å²) in [4.78, 5) is 24.2. The van der Waals surface area contributed by atoms with Crippen LogP contribution in [0.15, 0.2) is 83.8 Å². The van der Waals surface area contributed by atoms with Crippen molar-refractivity contribution in [2.24, 2.45) is 0 Å². The van der Waals surface area contributed by atoms with Gasteiger partial charge in [-0.25, -0.2) is 18.0 Å². The van der Waals surface area contributed by atoms with Gasteiger partial charge in [0.25, 0.3) is 0 Å². The lowest BCUT2D eigenvalue weighted by atomic mass is 10.3. The third kappa shape index (κ3) is 6.08. The van der Waals surface area contributed by atoms with Gasteiger partial charge in [-0.05, 0) is 54.6 Å². The molecule has 0 aromatic heterocycles. The highest BCUT2D eigenvalue weighted by atomic mass is 32.2. The summed E-state index contributed by atoms with van der Waals surface area (Å²) in [5.74, 6) is 0.409. The van der Waals surface area contributed by atoms with Crippen LogP contribution in [0.25, 0.3) is 0 Å². The first-order valence-electron chi connectivity index (χ1n) is 8.46. The number of anilines is 3. The molecule has 148 valence electrons. The largest absolute Gasteiger partial charge is 0.417 e. The molecule has 3 amide bonds. The van der Waals surface area contributed by atoms with Crippen LogP contribution >= 0.6 is 0 Å². The normalized spacial score (nSPS) is 10.2. The molecule has 0 heterocycles. The molecular formula is C20H17N3O5S. The number of hydrogen-bond acceptors (Lipinski definition) is 5. The summed E-state index contributed by atoms with van der Waals surface area (Å²) in [7, 11) is -2.67. The fourth-order valence-electron chi connectivity index (χ4n) is 2.37. The van der Waals surface area contributed by atoms with Crippen LogP contribution in [0.1, 0.15) is 0 Å². The molecule has 0 atom stereocenters. The van der Waals surface area contributed by atoms with E-state index < -0.39 is 22.8 Å². The predicted molar refractivity (Wildman–Crippen MR) is 110 cm³/mol. The maximum atomic E-state index is 12.1. The van der Waals surface area contributed by atoms with Crippen molar-refractivity contribution in [1.29, 1.82) is 0 Å². The molecule has 0 spiro atoms. The fraction of sp³-hybridized carbons (Fsp3) is 0. The summed E-state index contributed by atoms with van der Waals surface area (Å²) in [6, 6.07) is 20.4. The highest BCUT2D eigenvalue weighted by molar-refractivity contribution is 7.72. The van der Waals surface area contributed by atoms with E-state index in [9.17, 15) is 18.0 Å². The number of rotatable bonds is 5. The van der Waals surface area contributed by atoms with Crippen molar-refractivity contribution in [3.05, 3.63) is 78.9 Å². The lowest BCUT2D eigenvalue weighted by Crippen LogP contribution is -2.20. The topological polar surface area (TPSA) is 114 Å². The number of nitrogens with one attached hydrogen (secondary N) is 3. The zero-order valence-electron chi connectivity index (χ0n) is 15.0.